The van der Waals surface area contributed by atoms with Gasteiger partial charge in [0.25, 0.3) is 0 Å². The summed E-state index contributed by atoms with van der Waals surface area (Å²) in [6, 6.07) is 8.49. The Balaban J connectivity index is 2.11. The standard InChI is InChI=1S/C15H14F3N/c16-15(17,18)8-13(19)11-7-6-10-5-4-9-2-1-3-12(11)14(9)10/h1-3,6-7,13H,4-5,8,19H2. The number of hydrogen-bond acceptors (Lipinski definition) is 1. The van der Waals surface area contributed by atoms with Gasteiger partial charge >= 0.3 is 6.18 Å². The van der Waals surface area contributed by atoms with E-state index in [2.05, 4.69) is 0 Å². The van der Waals surface area contributed by atoms with E-state index >= 15 is 0 Å². The van der Waals surface area contributed by atoms with Gasteiger partial charge in [0, 0.05) is 6.04 Å². The average molecular weight is 265 g/mol. The highest BCUT2D eigenvalue weighted by Crippen LogP contribution is 2.37. The lowest BCUT2D eigenvalue weighted by molar-refractivity contribution is -0.138. The first-order valence-electron chi connectivity index (χ1n) is 6.31. The Morgan fingerprint density at radius 2 is 1.74 bits per heavy atom. The molecule has 0 saturated heterocycles. The van der Waals surface area contributed by atoms with E-state index in [1.807, 2.05) is 24.3 Å². The van der Waals surface area contributed by atoms with Crippen molar-refractivity contribution in [2.45, 2.75) is 31.5 Å². The summed E-state index contributed by atoms with van der Waals surface area (Å²) in [7, 11) is 0. The van der Waals surface area contributed by atoms with Gasteiger partial charge < -0.3 is 5.73 Å². The van der Waals surface area contributed by atoms with Crippen LogP contribution in [0.15, 0.2) is 30.3 Å². The van der Waals surface area contributed by atoms with Crippen LogP contribution in [0.2, 0.25) is 0 Å². The molecule has 1 aliphatic rings. The van der Waals surface area contributed by atoms with Crippen LogP contribution in [0.5, 0.6) is 0 Å². The number of benzene rings is 2. The van der Waals surface area contributed by atoms with E-state index in [-0.39, 0.29) is 0 Å². The summed E-state index contributed by atoms with van der Waals surface area (Å²) in [5.74, 6) is 0. The van der Waals surface area contributed by atoms with Gasteiger partial charge in [-0.1, -0.05) is 30.3 Å². The highest BCUT2D eigenvalue weighted by atomic mass is 19.4. The van der Waals surface area contributed by atoms with Crippen LogP contribution >= 0.6 is 0 Å². The fourth-order valence-corrected chi connectivity index (χ4v) is 2.95. The number of hydrogen-bond donors (Lipinski definition) is 1. The second kappa shape index (κ2) is 4.23. The molecule has 0 fully saturated rings. The van der Waals surface area contributed by atoms with E-state index in [4.69, 9.17) is 5.73 Å². The van der Waals surface area contributed by atoms with Gasteiger partial charge in [0.15, 0.2) is 0 Å². The van der Waals surface area contributed by atoms with Crippen molar-refractivity contribution in [2.24, 2.45) is 5.73 Å². The van der Waals surface area contributed by atoms with Crippen molar-refractivity contribution < 1.29 is 13.2 Å². The highest BCUT2D eigenvalue weighted by molar-refractivity contribution is 5.93. The minimum absolute atomic E-state index is 0.597. The molecule has 4 heteroatoms. The van der Waals surface area contributed by atoms with Crippen LogP contribution < -0.4 is 5.73 Å². The second-order valence-electron chi connectivity index (χ2n) is 5.08. The maximum absolute atomic E-state index is 12.5. The normalized spacial score (nSPS) is 16.0. The third-order valence-corrected chi connectivity index (χ3v) is 3.76. The summed E-state index contributed by atoms with van der Waals surface area (Å²) in [5, 5.41) is 1.99. The van der Waals surface area contributed by atoms with Crippen molar-refractivity contribution in [3.63, 3.8) is 0 Å². The molecule has 0 bridgehead atoms. The van der Waals surface area contributed by atoms with Gasteiger partial charge in [0.2, 0.25) is 0 Å². The topological polar surface area (TPSA) is 26.0 Å². The maximum atomic E-state index is 12.5. The summed E-state index contributed by atoms with van der Waals surface area (Å²) in [4.78, 5) is 0. The lowest BCUT2D eigenvalue weighted by Crippen LogP contribution is -2.20. The molecular formula is C15H14F3N. The summed E-state index contributed by atoms with van der Waals surface area (Å²) >= 11 is 0. The number of nitrogens with two attached hydrogens (primary N) is 1. The van der Waals surface area contributed by atoms with E-state index in [0.29, 0.717) is 5.56 Å². The largest absolute Gasteiger partial charge is 0.390 e. The minimum Gasteiger partial charge on any atom is -0.324 e. The van der Waals surface area contributed by atoms with Crippen LogP contribution in [0.1, 0.15) is 29.2 Å². The molecule has 1 atom stereocenters. The molecule has 0 aromatic heterocycles. The first-order chi connectivity index (χ1) is 8.96. The monoisotopic (exact) mass is 265 g/mol. The predicted molar refractivity (Wildman–Crippen MR) is 69.0 cm³/mol. The molecule has 0 saturated carbocycles. The van der Waals surface area contributed by atoms with Crippen LogP contribution in [0.25, 0.3) is 10.8 Å². The van der Waals surface area contributed by atoms with Crippen LogP contribution in [0.3, 0.4) is 0 Å². The Morgan fingerprint density at radius 3 is 2.42 bits per heavy atom. The Kier molecular flexibility index (Phi) is 2.78. The molecule has 0 aliphatic heterocycles. The molecule has 0 spiro atoms. The van der Waals surface area contributed by atoms with Crippen LogP contribution in [-0.2, 0) is 12.8 Å². The molecule has 1 nitrogen and oxygen atoms in total. The van der Waals surface area contributed by atoms with Gasteiger partial charge in [-0.05, 0) is 40.3 Å². The average Bonchev–Trinajstić information content (AvgIpc) is 2.73. The van der Waals surface area contributed by atoms with Crippen molar-refractivity contribution in [3.05, 3.63) is 47.0 Å². The first kappa shape index (κ1) is 12.5. The number of rotatable bonds is 2. The Morgan fingerprint density at radius 1 is 1.05 bits per heavy atom. The van der Waals surface area contributed by atoms with Crippen molar-refractivity contribution in [1.82, 2.24) is 0 Å². The molecule has 19 heavy (non-hydrogen) atoms. The van der Waals surface area contributed by atoms with Gasteiger partial charge in [-0.2, -0.15) is 13.2 Å². The molecule has 100 valence electrons. The maximum Gasteiger partial charge on any atom is 0.390 e. The molecule has 3 rings (SSSR count). The van der Waals surface area contributed by atoms with Crippen LogP contribution in [0.4, 0.5) is 13.2 Å². The summed E-state index contributed by atoms with van der Waals surface area (Å²) in [6.45, 7) is 0. The lowest BCUT2D eigenvalue weighted by atomic mass is 9.94. The highest BCUT2D eigenvalue weighted by Gasteiger charge is 2.31. The van der Waals surface area contributed by atoms with E-state index < -0.39 is 18.6 Å². The van der Waals surface area contributed by atoms with Crippen molar-refractivity contribution in [2.75, 3.05) is 0 Å². The molecule has 1 aliphatic carbocycles. The van der Waals surface area contributed by atoms with E-state index in [1.54, 1.807) is 6.07 Å². The Bertz CT molecular complexity index is 621. The van der Waals surface area contributed by atoms with Crippen molar-refractivity contribution in [3.8, 4) is 0 Å². The molecule has 2 aromatic rings. The van der Waals surface area contributed by atoms with Gasteiger partial charge in [0.1, 0.15) is 0 Å². The Labute approximate surface area is 109 Å². The van der Waals surface area contributed by atoms with E-state index in [1.165, 1.54) is 11.1 Å². The third kappa shape index (κ3) is 2.21. The van der Waals surface area contributed by atoms with Crippen molar-refractivity contribution >= 4 is 10.8 Å². The molecular weight excluding hydrogens is 251 g/mol. The zero-order valence-corrected chi connectivity index (χ0v) is 10.3. The number of aryl methyl sites for hydroxylation is 2. The fraction of sp³-hybridized carbons (Fsp3) is 0.333. The SMILES string of the molecule is NC(CC(F)(F)F)c1ccc2c3c(cccc13)CC2. The molecule has 2 aromatic carbocycles. The first-order valence-corrected chi connectivity index (χ1v) is 6.31. The van der Waals surface area contributed by atoms with E-state index in [0.717, 1.165) is 23.6 Å². The Hall–Kier alpha value is -1.55. The molecule has 1 unspecified atom stereocenters. The smallest absolute Gasteiger partial charge is 0.324 e. The summed E-state index contributed by atoms with van der Waals surface area (Å²) in [5.41, 5.74) is 8.78. The van der Waals surface area contributed by atoms with Gasteiger partial charge in [-0.15, -0.1) is 0 Å². The molecule has 2 N–H and O–H groups in total. The number of halogens is 3. The van der Waals surface area contributed by atoms with Crippen LogP contribution in [0, 0.1) is 0 Å². The second-order valence-corrected chi connectivity index (χ2v) is 5.08. The fourth-order valence-electron chi connectivity index (χ4n) is 2.95. The quantitative estimate of drug-likeness (QED) is 0.875. The van der Waals surface area contributed by atoms with Gasteiger partial charge in [-0.25, -0.2) is 0 Å². The zero-order valence-electron chi connectivity index (χ0n) is 10.3. The predicted octanol–water partition coefficient (Wildman–Crippen LogP) is 3.89. The molecule has 0 radical (unpaired) electrons. The summed E-state index contributed by atoms with van der Waals surface area (Å²) < 4.78 is 37.4. The molecule has 0 amide bonds. The van der Waals surface area contributed by atoms with Crippen LogP contribution in [-0.4, -0.2) is 6.18 Å². The van der Waals surface area contributed by atoms with Crippen molar-refractivity contribution in [1.29, 1.82) is 0 Å². The third-order valence-electron chi connectivity index (χ3n) is 3.76. The number of alkyl halides is 3. The summed E-state index contributed by atoms with van der Waals surface area (Å²) in [6.07, 6.45) is -3.29. The molecule has 0 heterocycles. The minimum atomic E-state index is -4.23. The van der Waals surface area contributed by atoms with Gasteiger partial charge in [0.05, 0.1) is 6.42 Å². The van der Waals surface area contributed by atoms with E-state index in [9.17, 15) is 13.2 Å². The zero-order chi connectivity index (χ0) is 13.6. The van der Waals surface area contributed by atoms with Gasteiger partial charge in [-0.3, -0.25) is 0 Å². The lowest BCUT2D eigenvalue weighted by Gasteiger charge is -2.17.